The molecule has 0 amide bonds. The number of hydrogen-bond acceptors (Lipinski definition) is 2. The van der Waals surface area contributed by atoms with E-state index in [1.165, 1.54) is 21.4 Å². The van der Waals surface area contributed by atoms with Crippen LogP contribution in [0.25, 0.3) is 0 Å². The number of benzene rings is 1. The van der Waals surface area contributed by atoms with Crippen LogP contribution in [0.5, 0.6) is 0 Å². The average molecular weight is 312 g/mol. The van der Waals surface area contributed by atoms with Crippen molar-refractivity contribution >= 4 is 22.9 Å². The van der Waals surface area contributed by atoms with Gasteiger partial charge in [-0.1, -0.05) is 30.7 Å². The first-order valence-corrected chi connectivity index (χ1v) is 7.95. The van der Waals surface area contributed by atoms with E-state index in [1.54, 1.807) is 17.4 Å². The highest BCUT2D eigenvalue weighted by atomic mass is 35.5. The molecule has 0 saturated carbocycles. The monoisotopic (exact) mass is 311 g/mol. The molecule has 1 heterocycles. The van der Waals surface area contributed by atoms with Crippen molar-refractivity contribution in [1.82, 2.24) is 5.32 Å². The number of aryl methyl sites for hydroxylation is 2. The van der Waals surface area contributed by atoms with Gasteiger partial charge in [0.1, 0.15) is 5.82 Å². The van der Waals surface area contributed by atoms with E-state index in [0.717, 1.165) is 12.1 Å². The van der Waals surface area contributed by atoms with Crippen LogP contribution in [0.3, 0.4) is 0 Å². The second-order valence-electron chi connectivity index (χ2n) is 4.92. The van der Waals surface area contributed by atoms with E-state index in [4.69, 9.17) is 11.6 Å². The molecule has 0 aliphatic rings. The molecule has 0 aliphatic carbocycles. The second-order valence-corrected chi connectivity index (χ2v) is 6.58. The molecular formula is C16H19ClFNS. The third-order valence-corrected chi connectivity index (χ3v) is 5.12. The molecule has 0 bridgehead atoms. The van der Waals surface area contributed by atoms with Crippen molar-refractivity contribution in [2.75, 3.05) is 6.54 Å². The average Bonchev–Trinajstić information content (AvgIpc) is 2.74. The van der Waals surface area contributed by atoms with E-state index in [2.05, 4.69) is 32.2 Å². The number of likely N-dealkylation sites (N-methyl/N-ethyl adjacent to an activating group) is 1. The maximum atomic E-state index is 13.5. The molecule has 0 saturated heterocycles. The number of rotatable bonds is 5. The Balaban J connectivity index is 2.27. The molecule has 2 aromatic rings. The molecule has 1 nitrogen and oxygen atoms in total. The highest BCUT2D eigenvalue weighted by molar-refractivity contribution is 7.12. The Bertz CT molecular complexity index is 575. The standard InChI is InChI=1S/C16H19ClFNS/c1-4-19-14(15-8-10(2)11(3)20-15)9-12-6-5-7-13(18)16(12)17/h5-8,14,19H,4,9H2,1-3H3. The zero-order valence-corrected chi connectivity index (χ0v) is 13.5. The molecule has 1 unspecified atom stereocenters. The largest absolute Gasteiger partial charge is 0.309 e. The van der Waals surface area contributed by atoms with Crippen molar-refractivity contribution in [2.45, 2.75) is 33.2 Å². The molecule has 108 valence electrons. The van der Waals surface area contributed by atoms with Gasteiger partial charge in [-0.05, 0) is 50.1 Å². The van der Waals surface area contributed by atoms with Crippen LogP contribution in [0.1, 0.15) is 33.8 Å². The summed E-state index contributed by atoms with van der Waals surface area (Å²) < 4.78 is 13.5. The minimum atomic E-state index is -0.349. The quantitative estimate of drug-likeness (QED) is 0.814. The summed E-state index contributed by atoms with van der Waals surface area (Å²) in [4.78, 5) is 2.61. The number of halogens is 2. The molecule has 0 radical (unpaired) electrons. The first kappa shape index (κ1) is 15.5. The summed E-state index contributed by atoms with van der Waals surface area (Å²) in [6.45, 7) is 7.19. The SMILES string of the molecule is CCNC(Cc1cccc(F)c1Cl)c1cc(C)c(C)s1. The van der Waals surface area contributed by atoms with Crippen molar-refractivity contribution in [1.29, 1.82) is 0 Å². The lowest BCUT2D eigenvalue weighted by molar-refractivity contribution is 0.554. The Morgan fingerprint density at radius 2 is 2.10 bits per heavy atom. The van der Waals surface area contributed by atoms with Crippen molar-refractivity contribution in [3.05, 3.63) is 56.0 Å². The Morgan fingerprint density at radius 1 is 1.35 bits per heavy atom. The van der Waals surface area contributed by atoms with Crippen molar-refractivity contribution < 1.29 is 4.39 Å². The first-order chi connectivity index (χ1) is 9.52. The van der Waals surface area contributed by atoms with E-state index in [-0.39, 0.29) is 16.9 Å². The van der Waals surface area contributed by atoms with Crippen molar-refractivity contribution in [2.24, 2.45) is 0 Å². The van der Waals surface area contributed by atoms with Gasteiger partial charge in [0, 0.05) is 15.8 Å². The second kappa shape index (κ2) is 6.70. The fourth-order valence-corrected chi connectivity index (χ4v) is 3.54. The molecule has 2 rings (SSSR count). The summed E-state index contributed by atoms with van der Waals surface area (Å²) in [5.74, 6) is -0.349. The summed E-state index contributed by atoms with van der Waals surface area (Å²) >= 11 is 7.85. The molecule has 1 atom stereocenters. The molecule has 0 fully saturated rings. The van der Waals surface area contributed by atoms with Gasteiger partial charge < -0.3 is 5.32 Å². The lowest BCUT2D eigenvalue weighted by Gasteiger charge is -2.17. The van der Waals surface area contributed by atoms with Crippen LogP contribution >= 0.6 is 22.9 Å². The van der Waals surface area contributed by atoms with E-state index in [0.29, 0.717) is 6.42 Å². The summed E-state index contributed by atoms with van der Waals surface area (Å²) in [6, 6.07) is 7.39. The molecule has 1 aromatic carbocycles. The number of thiophene rings is 1. The van der Waals surface area contributed by atoms with Gasteiger partial charge in [-0.25, -0.2) is 4.39 Å². The third kappa shape index (κ3) is 3.40. The van der Waals surface area contributed by atoms with Crippen molar-refractivity contribution in [3.8, 4) is 0 Å². The maximum Gasteiger partial charge on any atom is 0.142 e. The van der Waals surface area contributed by atoms with Crippen LogP contribution in [-0.2, 0) is 6.42 Å². The number of hydrogen-bond donors (Lipinski definition) is 1. The molecular weight excluding hydrogens is 293 g/mol. The van der Waals surface area contributed by atoms with Crippen LogP contribution in [-0.4, -0.2) is 6.54 Å². The Morgan fingerprint density at radius 3 is 2.70 bits per heavy atom. The molecule has 0 spiro atoms. The molecule has 1 aromatic heterocycles. The van der Waals surface area contributed by atoms with Gasteiger partial charge in [-0.2, -0.15) is 0 Å². The van der Waals surface area contributed by atoms with Gasteiger partial charge in [0.05, 0.1) is 5.02 Å². The summed E-state index contributed by atoms with van der Waals surface area (Å²) in [5, 5.41) is 3.70. The maximum absolute atomic E-state index is 13.5. The first-order valence-electron chi connectivity index (χ1n) is 6.76. The van der Waals surface area contributed by atoms with Gasteiger partial charge in [0.15, 0.2) is 0 Å². The van der Waals surface area contributed by atoms with E-state index in [1.807, 2.05) is 6.07 Å². The van der Waals surface area contributed by atoms with Gasteiger partial charge in [-0.3, -0.25) is 0 Å². The van der Waals surface area contributed by atoms with Crippen LogP contribution in [0.2, 0.25) is 5.02 Å². The Hall–Kier alpha value is -0.900. The van der Waals surface area contributed by atoms with E-state index >= 15 is 0 Å². The lowest BCUT2D eigenvalue weighted by Crippen LogP contribution is -2.22. The van der Waals surface area contributed by atoms with Gasteiger partial charge in [0.2, 0.25) is 0 Å². The van der Waals surface area contributed by atoms with Crippen molar-refractivity contribution in [3.63, 3.8) is 0 Å². The highest BCUT2D eigenvalue weighted by Gasteiger charge is 2.17. The normalized spacial score (nSPS) is 12.7. The Kier molecular flexibility index (Phi) is 5.19. The third-order valence-electron chi connectivity index (χ3n) is 3.43. The Labute approximate surface area is 128 Å². The summed E-state index contributed by atoms with van der Waals surface area (Å²) in [5.41, 5.74) is 2.15. The predicted molar refractivity (Wildman–Crippen MR) is 85.3 cm³/mol. The highest BCUT2D eigenvalue weighted by Crippen LogP contribution is 2.31. The molecule has 4 heteroatoms. The molecule has 0 aliphatic heterocycles. The smallest absolute Gasteiger partial charge is 0.142 e. The molecule has 20 heavy (non-hydrogen) atoms. The summed E-state index contributed by atoms with van der Waals surface area (Å²) in [6.07, 6.45) is 0.698. The van der Waals surface area contributed by atoms with Crippen LogP contribution < -0.4 is 5.32 Å². The topological polar surface area (TPSA) is 12.0 Å². The predicted octanol–water partition coefficient (Wildman–Crippen LogP) is 5.05. The van der Waals surface area contributed by atoms with Gasteiger partial charge in [0.25, 0.3) is 0 Å². The van der Waals surface area contributed by atoms with Crippen LogP contribution in [0.15, 0.2) is 24.3 Å². The fourth-order valence-electron chi connectivity index (χ4n) is 2.22. The van der Waals surface area contributed by atoms with E-state index < -0.39 is 0 Å². The van der Waals surface area contributed by atoms with Crippen LogP contribution in [0.4, 0.5) is 4.39 Å². The minimum absolute atomic E-state index is 0.178. The zero-order valence-electron chi connectivity index (χ0n) is 12.0. The van der Waals surface area contributed by atoms with Crippen LogP contribution in [0, 0.1) is 19.7 Å². The van der Waals surface area contributed by atoms with Gasteiger partial charge >= 0.3 is 0 Å². The minimum Gasteiger partial charge on any atom is -0.309 e. The summed E-state index contributed by atoms with van der Waals surface area (Å²) in [7, 11) is 0. The number of nitrogens with one attached hydrogen (secondary N) is 1. The fraction of sp³-hybridized carbons (Fsp3) is 0.375. The van der Waals surface area contributed by atoms with Gasteiger partial charge in [-0.15, -0.1) is 11.3 Å². The lowest BCUT2D eigenvalue weighted by atomic mass is 10.0. The zero-order chi connectivity index (χ0) is 14.7. The van der Waals surface area contributed by atoms with E-state index in [9.17, 15) is 4.39 Å². The molecule has 1 N–H and O–H groups in total.